The molecule has 0 aliphatic rings. The first-order valence-electron chi connectivity index (χ1n) is 5.84. The van der Waals surface area contributed by atoms with Crippen LogP contribution in [0.4, 0.5) is 0 Å². The van der Waals surface area contributed by atoms with Gasteiger partial charge in [0.2, 0.25) is 0 Å². The second-order valence-corrected chi connectivity index (χ2v) is 5.85. The van der Waals surface area contributed by atoms with Gasteiger partial charge in [-0.25, -0.2) is 9.78 Å². The average molecular weight is 255 g/mol. The quantitative estimate of drug-likeness (QED) is 0.613. The van der Waals surface area contributed by atoms with Gasteiger partial charge in [0.1, 0.15) is 0 Å². The lowest BCUT2D eigenvalue weighted by Gasteiger charge is -2.33. The van der Waals surface area contributed by atoms with Gasteiger partial charge in [0.05, 0.1) is 6.33 Å². The van der Waals surface area contributed by atoms with E-state index in [0.29, 0.717) is 12.1 Å². The summed E-state index contributed by atoms with van der Waals surface area (Å²) in [6, 6.07) is -0.849. The molecule has 0 unspecified atom stereocenters. The first-order valence-corrected chi connectivity index (χ1v) is 5.84. The fourth-order valence-electron chi connectivity index (χ4n) is 1.87. The van der Waals surface area contributed by atoms with Crippen molar-refractivity contribution >= 4 is 5.97 Å². The van der Waals surface area contributed by atoms with Gasteiger partial charge < -0.3 is 20.9 Å². The molecule has 18 heavy (non-hydrogen) atoms. The standard InChI is InChI=1S/C12H21N3O3/c1-11(2,3)5-9(13)12(18,10(16)17)4-8-6-14-7-15-8/h6-7,9,18H,4-5,13H2,1-3H3,(H,14,15)(H,16,17)/t9-,12+/m0/s1. The van der Waals surface area contributed by atoms with Crippen molar-refractivity contribution in [2.24, 2.45) is 11.1 Å². The van der Waals surface area contributed by atoms with Crippen LogP contribution in [0.25, 0.3) is 0 Å². The van der Waals surface area contributed by atoms with Crippen molar-refractivity contribution in [2.75, 3.05) is 0 Å². The molecule has 0 aliphatic carbocycles. The molecule has 6 nitrogen and oxygen atoms in total. The van der Waals surface area contributed by atoms with Crippen molar-refractivity contribution in [1.29, 1.82) is 0 Å². The lowest BCUT2D eigenvalue weighted by Crippen LogP contribution is -2.56. The molecule has 6 heteroatoms. The molecule has 0 saturated heterocycles. The van der Waals surface area contributed by atoms with E-state index in [2.05, 4.69) is 9.97 Å². The fraction of sp³-hybridized carbons (Fsp3) is 0.667. The van der Waals surface area contributed by atoms with Gasteiger partial charge in [0.15, 0.2) is 5.60 Å². The van der Waals surface area contributed by atoms with Crippen LogP contribution in [0.1, 0.15) is 32.9 Å². The lowest BCUT2D eigenvalue weighted by atomic mass is 9.79. The van der Waals surface area contributed by atoms with Crippen molar-refractivity contribution in [3.05, 3.63) is 18.2 Å². The van der Waals surface area contributed by atoms with Crippen LogP contribution in [0, 0.1) is 5.41 Å². The predicted octanol–water partition coefficient (Wildman–Crippen LogP) is 0.531. The topological polar surface area (TPSA) is 112 Å². The van der Waals surface area contributed by atoms with E-state index >= 15 is 0 Å². The molecule has 0 radical (unpaired) electrons. The zero-order chi connectivity index (χ0) is 14.0. The third kappa shape index (κ3) is 3.54. The Balaban J connectivity index is 2.89. The molecular formula is C12H21N3O3. The molecule has 0 saturated carbocycles. The molecule has 1 heterocycles. The second kappa shape index (κ2) is 5.07. The average Bonchev–Trinajstić information content (AvgIpc) is 2.66. The van der Waals surface area contributed by atoms with E-state index in [0.717, 1.165) is 0 Å². The first kappa shape index (κ1) is 14.7. The van der Waals surface area contributed by atoms with Crippen molar-refractivity contribution in [2.45, 2.75) is 45.3 Å². The molecule has 0 aromatic carbocycles. The number of carbonyl (C=O) groups is 1. The Bertz CT molecular complexity index is 397. The minimum Gasteiger partial charge on any atom is -0.479 e. The van der Waals surface area contributed by atoms with E-state index in [-0.39, 0.29) is 11.8 Å². The number of aliphatic carboxylic acids is 1. The van der Waals surface area contributed by atoms with Crippen LogP contribution >= 0.6 is 0 Å². The molecular weight excluding hydrogens is 234 g/mol. The first-order chi connectivity index (χ1) is 8.15. The summed E-state index contributed by atoms with van der Waals surface area (Å²) in [5, 5.41) is 19.6. The monoisotopic (exact) mass is 255 g/mol. The summed E-state index contributed by atoms with van der Waals surface area (Å²) < 4.78 is 0. The van der Waals surface area contributed by atoms with E-state index in [4.69, 9.17) is 5.73 Å². The maximum absolute atomic E-state index is 11.3. The summed E-state index contributed by atoms with van der Waals surface area (Å²) in [6.07, 6.45) is 3.24. The Kier molecular flexibility index (Phi) is 4.13. The zero-order valence-corrected chi connectivity index (χ0v) is 11.0. The molecule has 0 bridgehead atoms. The van der Waals surface area contributed by atoms with Crippen molar-refractivity contribution in [3.63, 3.8) is 0 Å². The van der Waals surface area contributed by atoms with Crippen LogP contribution in [0.15, 0.2) is 12.5 Å². The summed E-state index contributed by atoms with van der Waals surface area (Å²) in [7, 11) is 0. The number of aliphatic hydroxyl groups is 1. The van der Waals surface area contributed by atoms with E-state index < -0.39 is 17.6 Å². The molecule has 1 rings (SSSR count). The van der Waals surface area contributed by atoms with E-state index in [1.165, 1.54) is 12.5 Å². The Morgan fingerprint density at radius 2 is 2.17 bits per heavy atom. The number of nitrogens with two attached hydrogens (primary N) is 1. The molecule has 2 atom stereocenters. The molecule has 5 N–H and O–H groups in total. The largest absolute Gasteiger partial charge is 0.479 e. The zero-order valence-electron chi connectivity index (χ0n) is 11.0. The van der Waals surface area contributed by atoms with Gasteiger partial charge in [-0.3, -0.25) is 0 Å². The summed E-state index contributed by atoms with van der Waals surface area (Å²) >= 11 is 0. The highest BCUT2D eigenvalue weighted by molar-refractivity contribution is 5.78. The Labute approximate surface area is 106 Å². The Hall–Kier alpha value is -1.40. The third-order valence-corrected chi connectivity index (χ3v) is 2.83. The van der Waals surface area contributed by atoms with Crippen LogP contribution in [0.5, 0.6) is 0 Å². The number of hydrogen-bond donors (Lipinski definition) is 4. The highest BCUT2D eigenvalue weighted by Crippen LogP contribution is 2.27. The maximum Gasteiger partial charge on any atom is 0.337 e. The smallest absolute Gasteiger partial charge is 0.337 e. The number of nitrogens with zero attached hydrogens (tertiary/aromatic N) is 1. The van der Waals surface area contributed by atoms with E-state index in [1.54, 1.807) is 0 Å². The number of aromatic amines is 1. The van der Waals surface area contributed by atoms with Crippen molar-refractivity contribution < 1.29 is 15.0 Å². The highest BCUT2D eigenvalue weighted by Gasteiger charge is 2.44. The number of rotatable bonds is 5. The van der Waals surface area contributed by atoms with Gasteiger partial charge >= 0.3 is 5.97 Å². The van der Waals surface area contributed by atoms with Gasteiger partial charge in [-0.15, -0.1) is 0 Å². The van der Waals surface area contributed by atoms with Gasteiger partial charge in [0, 0.05) is 24.4 Å². The lowest BCUT2D eigenvalue weighted by molar-refractivity contribution is -0.161. The summed E-state index contributed by atoms with van der Waals surface area (Å²) in [5.74, 6) is -1.31. The van der Waals surface area contributed by atoms with E-state index in [9.17, 15) is 15.0 Å². The van der Waals surface area contributed by atoms with Gasteiger partial charge in [-0.05, 0) is 11.8 Å². The molecule has 1 aromatic rings. The minimum atomic E-state index is -1.99. The Morgan fingerprint density at radius 1 is 1.56 bits per heavy atom. The molecule has 0 amide bonds. The van der Waals surface area contributed by atoms with E-state index in [1.807, 2.05) is 20.8 Å². The molecule has 0 spiro atoms. The highest BCUT2D eigenvalue weighted by atomic mass is 16.4. The van der Waals surface area contributed by atoms with Crippen LogP contribution in [-0.4, -0.2) is 37.8 Å². The molecule has 0 fully saturated rings. The van der Waals surface area contributed by atoms with Crippen LogP contribution in [0.3, 0.4) is 0 Å². The van der Waals surface area contributed by atoms with Gasteiger partial charge in [-0.2, -0.15) is 0 Å². The normalized spacial score (nSPS) is 17.2. The number of carboxylic acids is 1. The maximum atomic E-state index is 11.3. The fourth-order valence-corrected chi connectivity index (χ4v) is 1.87. The van der Waals surface area contributed by atoms with Crippen LogP contribution < -0.4 is 5.73 Å². The number of hydrogen-bond acceptors (Lipinski definition) is 4. The minimum absolute atomic E-state index is 0.0838. The number of aromatic nitrogens is 2. The van der Waals surface area contributed by atoms with Crippen LogP contribution in [0.2, 0.25) is 0 Å². The van der Waals surface area contributed by atoms with Crippen molar-refractivity contribution in [3.8, 4) is 0 Å². The second-order valence-electron chi connectivity index (χ2n) is 5.85. The summed E-state index contributed by atoms with van der Waals surface area (Å²) in [6.45, 7) is 5.85. The molecule has 102 valence electrons. The SMILES string of the molecule is CC(C)(C)C[C@H](N)[C@](O)(Cc1cnc[nH]1)C(=O)O. The predicted molar refractivity (Wildman–Crippen MR) is 66.9 cm³/mol. The number of H-pyrrole nitrogens is 1. The van der Waals surface area contributed by atoms with Gasteiger partial charge in [0.25, 0.3) is 0 Å². The number of carboxylic acid groups (broad SMARTS) is 1. The summed E-state index contributed by atoms with van der Waals surface area (Å²) in [5.41, 5.74) is 4.29. The number of nitrogens with one attached hydrogen (secondary N) is 1. The van der Waals surface area contributed by atoms with Crippen molar-refractivity contribution in [1.82, 2.24) is 9.97 Å². The van der Waals surface area contributed by atoms with Gasteiger partial charge in [-0.1, -0.05) is 20.8 Å². The summed E-state index contributed by atoms with van der Waals surface area (Å²) in [4.78, 5) is 17.9. The Morgan fingerprint density at radius 3 is 2.56 bits per heavy atom. The molecule has 1 aromatic heterocycles. The molecule has 0 aliphatic heterocycles. The van der Waals surface area contributed by atoms with Crippen LogP contribution in [-0.2, 0) is 11.2 Å². The number of imidazole rings is 1. The third-order valence-electron chi connectivity index (χ3n) is 2.83.